The van der Waals surface area contributed by atoms with Crippen molar-refractivity contribution in [3.05, 3.63) is 95.6 Å². The SMILES string of the molecule is O=C(C[C@@H]1CC[C@@H]2[C@H](COC[C@H](O)CN2Cc2cc(F)ccc2F)O1)NCc1ccc(Oc2ccccc2)cc1. The lowest BCUT2D eigenvalue weighted by molar-refractivity contribution is -0.158. The van der Waals surface area contributed by atoms with Crippen LogP contribution in [0.4, 0.5) is 8.78 Å². The Labute approximate surface area is 232 Å². The van der Waals surface area contributed by atoms with Gasteiger partial charge >= 0.3 is 0 Å². The van der Waals surface area contributed by atoms with Gasteiger partial charge < -0.3 is 24.6 Å². The molecule has 4 atom stereocenters. The monoisotopic (exact) mass is 552 g/mol. The number of nitrogens with zero attached hydrogens (tertiary/aromatic N) is 1. The van der Waals surface area contributed by atoms with E-state index >= 15 is 0 Å². The number of hydrogen-bond acceptors (Lipinski definition) is 6. The highest BCUT2D eigenvalue weighted by atomic mass is 19.1. The molecule has 2 saturated heterocycles. The Morgan fingerprint density at radius 3 is 2.58 bits per heavy atom. The van der Waals surface area contributed by atoms with E-state index in [-0.39, 0.29) is 62.4 Å². The van der Waals surface area contributed by atoms with Crippen LogP contribution in [0.2, 0.25) is 0 Å². The maximum Gasteiger partial charge on any atom is 0.222 e. The van der Waals surface area contributed by atoms with Crippen LogP contribution in [-0.4, -0.2) is 60.0 Å². The number of halogens is 2. The standard InChI is InChI=1S/C31H34F2N2O5/c32-23-8-12-28(33)22(14-23)17-35-18-24(36)19-38-20-30-29(35)13-11-27(40-30)15-31(37)34-16-21-6-9-26(10-7-21)39-25-4-2-1-3-5-25/h1-10,12,14,24,27,29-30,36H,11,13,15-20H2,(H,34,37)/t24-,27+,29-,30+/m1/s1. The number of para-hydroxylation sites is 1. The summed E-state index contributed by atoms with van der Waals surface area (Å²) in [6.07, 6.45) is 0.118. The lowest BCUT2D eigenvalue weighted by Gasteiger charge is -2.44. The van der Waals surface area contributed by atoms with Gasteiger partial charge in [0, 0.05) is 31.2 Å². The third-order valence-electron chi connectivity index (χ3n) is 7.27. The van der Waals surface area contributed by atoms with Gasteiger partial charge in [-0.15, -0.1) is 0 Å². The Balaban J connectivity index is 1.13. The number of hydrogen-bond donors (Lipinski definition) is 2. The Kier molecular flexibility index (Phi) is 9.38. The van der Waals surface area contributed by atoms with E-state index in [0.717, 1.165) is 29.2 Å². The molecule has 0 spiro atoms. The maximum absolute atomic E-state index is 14.4. The summed E-state index contributed by atoms with van der Waals surface area (Å²) in [5, 5.41) is 13.3. The number of carbonyl (C=O) groups is 1. The quantitative estimate of drug-likeness (QED) is 0.426. The highest BCUT2D eigenvalue weighted by molar-refractivity contribution is 5.76. The van der Waals surface area contributed by atoms with E-state index in [1.54, 1.807) is 0 Å². The van der Waals surface area contributed by atoms with Crippen molar-refractivity contribution < 1.29 is 32.9 Å². The first-order valence-electron chi connectivity index (χ1n) is 13.6. The molecule has 0 unspecified atom stereocenters. The highest BCUT2D eigenvalue weighted by Gasteiger charge is 2.38. The molecule has 3 aromatic carbocycles. The summed E-state index contributed by atoms with van der Waals surface area (Å²) < 4.78 is 45.9. The summed E-state index contributed by atoms with van der Waals surface area (Å²) >= 11 is 0. The van der Waals surface area contributed by atoms with Crippen LogP contribution in [0.3, 0.4) is 0 Å². The molecule has 40 heavy (non-hydrogen) atoms. The minimum atomic E-state index is -0.750. The zero-order valence-electron chi connectivity index (χ0n) is 22.2. The molecule has 0 aromatic heterocycles. The predicted molar refractivity (Wildman–Crippen MR) is 145 cm³/mol. The summed E-state index contributed by atoms with van der Waals surface area (Å²) in [6.45, 7) is 1.15. The summed E-state index contributed by atoms with van der Waals surface area (Å²) in [7, 11) is 0. The number of fused-ring (bicyclic) bond motifs is 1. The molecule has 0 radical (unpaired) electrons. The van der Waals surface area contributed by atoms with Crippen molar-refractivity contribution in [2.45, 2.75) is 56.7 Å². The number of nitrogens with one attached hydrogen (secondary N) is 1. The van der Waals surface area contributed by atoms with Gasteiger partial charge in [-0.3, -0.25) is 9.69 Å². The van der Waals surface area contributed by atoms with Crippen LogP contribution < -0.4 is 10.1 Å². The van der Waals surface area contributed by atoms with Crippen molar-refractivity contribution in [2.24, 2.45) is 0 Å². The molecule has 0 saturated carbocycles. The Morgan fingerprint density at radius 1 is 1.00 bits per heavy atom. The molecule has 5 rings (SSSR count). The van der Waals surface area contributed by atoms with Crippen LogP contribution >= 0.6 is 0 Å². The summed E-state index contributed by atoms with van der Waals surface area (Å²) in [5.74, 6) is 0.360. The topological polar surface area (TPSA) is 80.3 Å². The van der Waals surface area contributed by atoms with Gasteiger partial charge in [-0.05, 0) is 60.9 Å². The van der Waals surface area contributed by atoms with E-state index in [4.69, 9.17) is 14.2 Å². The molecule has 2 aliphatic rings. The van der Waals surface area contributed by atoms with E-state index in [0.29, 0.717) is 19.4 Å². The minimum absolute atomic E-state index is 0.117. The maximum atomic E-state index is 14.4. The van der Waals surface area contributed by atoms with Crippen LogP contribution in [0.1, 0.15) is 30.4 Å². The summed E-state index contributed by atoms with van der Waals surface area (Å²) in [5.41, 5.74) is 1.18. The predicted octanol–water partition coefficient (Wildman–Crippen LogP) is 4.57. The smallest absolute Gasteiger partial charge is 0.222 e. The zero-order valence-corrected chi connectivity index (χ0v) is 22.2. The fourth-order valence-electron chi connectivity index (χ4n) is 5.29. The normalized spacial score (nSPS) is 23.5. The fourth-order valence-corrected chi connectivity index (χ4v) is 5.29. The number of benzene rings is 3. The van der Waals surface area contributed by atoms with Gasteiger partial charge in [0.25, 0.3) is 0 Å². The van der Waals surface area contributed by atoms with Crippen LogP contribution in [0, 0.1) is 11.6 Å². The van der Waals surface area contributed by atoms with Gasteiger partial charge in [0.05, 0.1) is 37.9 Å². The summed E-state index contributed by atoms with van der Waals surface area (Å²) in [6, 6.07) is 20.3. The Morgan fingerprint density at radius 2 is 1.77 bits per heavy atom. The lowest BCUT2D eigenvalue weighted by Crippen LogP contribution is -2.55. The highest BCUT2D eigenvalue weighted by Crippen LogP contribution is 2.29. The van der Waals surface area contributed by atoms with Gasteiger partial charge in [0.2, 0.25) is 5.91 Å². The van der Waals surface area contributed by atoms with E-state index in [1.807, 2.05) is 59.5 Å². The number of ether oxygens (including phenoxy) is 3. The van der Waals surface area contributed by atoms with Gasteiger partial charge in [-0.1, -0.05) is 30.3 Å². The average Bonchev–Trinajstić information content (AvgIpc) is 2.94. The molecule has 2 heterocycles. The molecule has 0 aliphatic carbocycles. The van der Waals surface area contributed by atoms with E-state index < -0.39 is 17.7 Å². The number of amides is 1. The van der Waals surface area contributed by atoms with Crippen molar-refractivity contribution in [2.75, 3.05) is 19.8 Å². The van der Waals surface area contributed by atoms with Gasteiger partial charge in [-0.25, -0.2) is 8.78 Å². The van der Waals surface area contributed by atoms with Gasteiger partial charge in [0.15, 0.2) is 0 Å². The van der Waals surface area contributed by atoms with E-state index in [1.165, 1.54) is 6.07 Å². The molecule has 3 aromatic rings. The number of carbonyl (C=O) groups excluding carboxylic acids is 1. The zero-order chi connectivity index (χ0) is 27.9. The largest absolute Gasteiger partial charge is 0.457 e. The van der Waals surface area contributed by atoms with Crippen molar-refractivity contribution in [3.63, 3.8) is 0 Å². The van der Waals surface area contributed by atoms with E-state index in [2.05, 4.69) is 5.32 Å². The van der Waals surface area contributed by atoms with Crippen LogP contribution in [0.5, 0.6) is 11.5 Å². The number of aliphatic hydroxyl groups excluding tert-OH is 1. The third-order valence-corrected chi connectivity index (χ3v) is 7.27. The van der Waals surface area contributed by atoms with Crippen LogP contribution in [0.25, 0.3) is 0 Å². The molecular formula is C31H34F2N2O5. The number of aliphatic hydroxyl groups is 1. The molecular weight excluding hydrogens is 518 g/mol. The van der Waals surface area contributed by atoms with Gasteiger partial charge in [0.1, 0.15) is 23.1 Å². The molecule has 1 amide bonds. The van der Waals surface area contributed by atoms with Gasteiger partial charge in [-0.2, -0.15) is 0 Å². The Hall–Kier alpha value is -3.37. The molecule has 2 fully saturated rings. The second kappa shape index (κ2) is 13.3. The Bertz CT molecular complexity index is 1260. The first-order valence-corrected chi connectivity index (χ1v) is 13.6. The number of rotatable bonds is 8. The van der Waals surface area contributed by atoms with Crippen LogP contribution in [-0.2, 0) is 27.4 Å². The molecule has 2 N–H and O–H groups in total. The minimum Gasteiger partial charge on any atom is -0.457 e. The molecule has 0 bridgehead atoms. The lowest BCUT2D eigenvalue weighted by atomic mass is 9.94. The number of β-amino-alcohol motifs (C(OH)–C–C–N with tert-alkyl or cyclic N) is 1. The fraction of sp³-hybridized carbons (Fsp3) is 0.387. The van der Waals surface area contributed by atoms with Crippen molar-refractivity contribution in [1.82, 2.24) is 10.2 Å². The van der Waals surface area contributed by atoms with Crippen LogP contribution in [0.15, 0.2) is 72.8 Å². The molecule has 212 valence electrons. The van der Waals surface area contributed by atoms with E-state index in [9.17, 15) is 18.7 Å². The van der Waals surface area contributed by atoms with Crippen molar-refractivity contribution >= 4 is 5.91 Å². The second-order valence-electron chi connectivity index (χ2n) is 10.3. The molecule has 2 aliphatic heterocycles. The third kappa shape index (κ3) is 7.63. The van der Waals surface area contributed by atoms with Crippen molar-refractivity contribution in [3.8, 4) is 11.5 Å². The van der Waals surface area contributed by atoms with Crippen molar-refractivity contribution in [1.29, 1.82) is 0 Å². The first kappa shape index (κ1) is 28.2. The summed E-state index contributed by atoms with van der Waals surface area (Å²) in [4.78, 5) is 14.7. The molecule has 7 nitrogen and oxygen atoms in total. The average molecular weight is 553 g/mol. The second-order valence-corrected chi connectivity index (χ2v) is 10.3. The first-order chi connectivity index (χ1) is 19.4. The molecule has 9 heteroatoms.